The van der Waals surface area contributed by atoms with Crippen LogP contribution < -0.4 is 10.6 Å². The molecule has 1 aromatic carbocycles. The number of thiazole rings is 1. The minimum absolute atomic E-state index is 0.218. The van der Waals surface area contributed by atoms with Crippen LogP contribution in [0.25, 0.3) is 10.9 Å². The summed E-state index contributed by atoms with van der Waals surface area (Å²) in [5.74, 6) is -2.21. The van der Waals surface area contributed by atoms with Crippen LogP contribution in [0.2, 0.25) is 0 Å². The van der Waals surface area contributed by atoms with Gasteiger partial charge < -0.3 is 10.6 Å². The van der Waals surface area contributed by atoms with Crippen LogP contribution in [0.5, 0.6) is 0 Å². The van der Waals surface area contributed by atoms with Gasteiger partial charge in [0, 0.05) is 5.39 Å². The Morgan fingerprint density at radius 3 is 2.89 bits per heavy atom. The fraction of sp³-hybridized carbons (Fsp3) is 0.0588. The van der Waals surface area contributed by atoms with Gasteiger partial charge in [-0.15, -0.1) is 0 Å². The Balaban J connectivity index is 1.56. The summed E-state index contributed by atoms with van der Waals surface area (Å²) >= 11 is 0.996. The van der Waals surface area contributed by atoms with Crippen molar-refractivity contribution in [3.05, 3.63) is 58.9 Å². The van der Waals surface area contributed by atoms with Crippen molar-refractivity contribution in [2.24, 2.45) is 0 Å². The summed E-state index contributed by atoms with van der Waals surface area (Å²) in [5, 5.41) is 13.3. The molecule has 0 aliphatic rings. The zero-order chi connectivity index (χ0) is 19.0. The summed E-state index contributed by atoms with van der Waals surface area (Å²) in [6.07, 6.45) is 2.99. The third-order valence-corrected chi connectivity index (χ3v) is 4.75. The normalized spacial score (nSPS) is 10.9. The van der Waals surface area contributed by atoms with E-state index in [4.69, 9.17) is 0 Å². The van der Waals surface area contributed by atoms with E-state index in [0.29, 0.717) is 10.6 Å². The molecule has 1 amide bonds. The fourth-order valence-electron chi connectivity index (χ4n) is 2.51. The lowest BCUT2D eigenvalue weighted by Gasteiger charge is -2.08. The maximum atomic E-state index is 13.7. The average molecular weight is 386 g/mol. The number of carbonyl (C=O) groups excluding carboxylic acids is 1. The zero-order valence-electron chi connectivity index (χ0n) is 13.9. The van der Waals surface area contributed by atoms with Crippen molar-refractivity contribution in [1.29, 1.82) is 0 Å². The van der Waals surface area contributed by atoms with Gasteiger partial charge in [-0.2, -0.15) is 14.5 Å². The van der Waals surface area contributed by atoms with Crippen molar-refractivity contribution in [1.82, 2.24) is 20.2 Å². The van der Waals surface area contributed by atoms with Gasteiger partial charge in [0.05, 0.1) is 23.6 Å². The molecule has 4 aromatic rings. The summed E-state index contributed by atoms with van der Waals surface area (Å²) < 4.78 is 26.8. The van der Waals surface area contributed by atoms with Gasteiger partial charge in [0.25, 0.3) is 5.91 Å². The van der Waals surface area contributed by atoms with Crippen molar-refractivity contribution < 1.29 is 13.6 Å². The topological polar surface area (TPSA) is 95.6 Å². The van der Waals surface area contributed by atoms with E-state index in [9.17, 15) is 13.6 Å². The fourth-order valence-corrected chi connectivity index (χ4v) is 3.22. The van der Waals surface area contributed by atoms with Crippen LogP contribution in [0, 0.1) is 18.7 Å². The van der Waals surface area contributed by atoms with Crippen LogP contribution in [-0.2, 0) is 0 Å². The molecule has 7 nitrogen and oxygen atoms in total. The van der Waals surface area contributed by atoms with Crippen LogP contribution >= 0.6 is 11.3 Å². The minimum atomic E-state index is -0.822. The van der Waals surface area contributed by atoms with Gasteiger partial charge in [-0.05, 0) is 30.7 Å². The van der Waals surface area contributed by atoms with Gasteiger partial charge in [0.15, 0.2) is 16.8 Å². The largest absolute Gasteiger partial charge is 0.320 e. The van der Waals surface area contributed by atoms with Gasteiger partial charge in [-0.25, -0.2) is 9.37 Å². The van der Waals surface area contributed by atoms with Crippen LogP contribution in [-0.4, -0.2) is 26.1 Å². The highest BCUT2D eigenvalue weighted by molar-refractivity contribution is 7.17. The Bertz CT molecular complexity index is 1160. The predicted molar refractivity (Wildman–Crippen MR) is 98.3 cm³/mol. The van der Waals surface area contributed by atoms with E-state index in [1.807, 2.05) is 19.1 Å². The number of fused-ring (bicyclic) bond motifs is 1. The van der Waals surface area contributed by atoms with Gasteiger partial charge in [-0.3, -0.25) is 9.89 Å². The van der Waals surface area contributed by atoms with E-state index in [-0.39, 0.29) is 16.9 Å². The maximum Gasteiger partial charge on any atom is 0.267 e. The maximum absolute atomic E-state index is 13.7. The standard InChI is InChI=1S/C17H12F2N6OS/c1-8-2-4-11-9(6-21-25-11)14(8)23-16(26)12-7-20-17(27-12)24-15-10(18)3-5-13(19)22-15/h2-7H,1H3,(H,21,25)(H,23,26)(H,20,22,24). The highest BCUT2D eigenvalue weighted by atomic mass is 32.1. The second-order valence-electron chi connectivity index (χ2n) is 5.66. The average Bonchev–Trinajstić information content (AvgIpc) is 3.30. The molecule has 0 bridgehead atoms. The summed E-state index contributed by atoms with van der Waals surface area (Å²) in [7, 11) is 0. The molecule has 0 saturated carbocycles. The molecule has 0 aliphatic carbocycles. The van der Waals surface area contributed by atoms with Crippen molar-refractivity contribution >= 4 is 44.8 Å². The molecular formula is C17H12F2N6OS. The summed E-state index contributed by atoms with van der Waals surface area (Å²) in [6, 6.07) is 5.62. The van der Waals surface area contributed by atoms with Crippen LogP contribution in [0.15, 0.2) is 36.7 Å². The number of nitrogens with zero attached hydrogens (tertiary/aromatic N) is 3. The number of nitrogens with one attached hydrogen (secondary N) is 3. The molecule has 0 atom stereocenters. The van der Waals surface area contributed by atoms with Gasteiger partial charge in [0.2, 0.25) is 5.95 Å². The number of carbonyl (C=O) groups is 1. The highest BCUT2D eigenvalue weighted by Gasteiger charge is 2.16. The van der Waals surface area contributed by atoms with Crippen molar-refractivity contribution in [3.8, 4) is 0 Å². The number of aromatic nitrogens is 4. The molecule has 3 aromatic heterocycles. The molecule has 3 N–H and O–H groups in total. The Morgan fingerprint density at radius 2 is 2.04 bits per heavy atom. The smallest absolute Gasteiger partial charge is 0.267 e. The molecule has 4 rings (SSSR count). The number of aryl methyl sites for hydroxylation is 1. The number of hydrogen-bond acceptors (Lipinski definition) is 6. The summed E-state index contributed by atoms with van der Waals surface area (Å²) in [6.45, 7) is 1.88. The first-order valence-corrected chi connectivity index (χ1v) is 8.62. The Labute approximate surface area is 155 Å². The number of rotatable bonds is 4. The van der Waals surface area contributed by atoms with Gasteiger partial charge >= 0.3 is 0 Å². The zero-order valence-corrected chi connectivity index (χ0v) is 14.7. The second-order valence-corrected chi connectivity index (χ2v) is 6.69. The molecule has 27 heavy (non-hydrogen) atoms. The molecule has 0 aliphatic heterocycles. The van der Waals surface area contributed by atoms with E-state index < -0.39 is 11.8 Å². The summed E-state index contributed by atoms with van der Waals surface area (Å²) in [5.41, 5.74) is 2.33. The van der Waals surface area contributed by atoms with Crippen molar-refractivity contribution in [2.45, 2.75) is 6.92 Å². The molecule has 0 fully saturated rings. The number of H-pyrrole nitrogens is 1. The van der Waals surface area contributed by atoms with Gasteiger partial charge in [0.1, 0.15) is 4.88 Å². The quantitative estimate of drug-likeness (QED) is 0.461. The number of benzene rings is 1. The third kappa shape index (κ3) is 3.34. The first-order valence-electron chi connectivity index (χ1n) is 7.80. The van der Waals surface area contributed by atoms with E-state index in [0.717, 1.165) is 39.9 Å². The minimum Gasteiger partial charge on any atom is -0.320 e. The number of halogens is 2. The second kappa shape index (κ2) is 6.72. The Kier molecular flexibility index (Phi) is 4.24. The van der Waals surface area contributed by atoms with Gasteiger partial charge in [-0.1, -0.05) is 17.4 Å². The highest BCUT2D eigenvalue weighted by Crippen LogP contribution is 2.28. The summed E-state index contributed by atoms with van der Waals surface area (Å²) in [4.78, 5) is 20.3. The number of amides is 1. The predicted octanol–water partition coefficient (Wildman–Crippen LogP) is 4.00. The molecule has 0 radical (unpaired) electrons. The molecular weight excluding hydrogens is 374 g/mol. The van der Waals surface area contributed by atoms with E-state index in [1.165, 1.54) is 6.20 Å². The first kappa shape index (κ1) is 17.0. The molecule has 3 heterocycles. The molecule has 0 unspecified atom stereocenters. The Hall–Kier alpha value is -3.40. The van der Waals surface area contributed by atoms with E-state index in [2.05, 4.69) is 30.8 Å². The number of aromatic amines is 1. The van der Waals surface area contributed by atoms with Crippen LogP contribution in [0.1, 0.15) is 15.2 Å². The molecule has 0 saturated heterocycles. The number of anilines is 3. The lowest BCUT2D eigenvalue weighted by Crippen LogP contribution is -2.11. The van der Waals surface area contributed by atoms with Crippen LogP contribution in [0.4, 0.5) is 25.4 Å². The Morgan fingerprint density at radius 1 is 1.19 bits per heavy atom. The van der Waals surface area contributed by atoms with Crippen molar-refractivity contribution in [2.75, 3.05) is 10.6 Å². The molecule has 10 heteroatoms. The number of pyridine rings is 1. The molecule has 136 valence electrons. The third-order valence-electron chi connectivity index (χ3n) is 3.84. The first-order chi connectivity index (χ1) is 13.0. The number of hydrogen-bond donors (Lipinski definition) is 3. The lowest BCUT2D eigenvalue weighted by atomic mass is 10.1. The van der Waals surface area contributed by atoms with E-state index in [1.54, 1.807) is 6.20 Å². The molecule has 0 spiro atoms. The van der Waals surface area contributed by atoms with Crippen molar-refractivity contribution in [3.63, 3.8) is 0 Å². The monoisotopic (exact) mass is 386 g/mol. The lowest BCUT2D eigenvalue weighted by molar-refractivity contribution is 0.103. The van der Waals surface area contributed by atoms with Crippen LogP contribution in [0.3, 0.4) is 0 Å². The van der Waals surface area contributed by atoms with E-state index >= 15 is 0 Å². The SMILES string of the molecule is Cc1ccc2[nH]ncc2c1NC(=O)c1cnc(Nc2nc(F)ccc2F)s1.